The van der Waals surface area contributed by atoms with Crippen molar-refractivity contribution in [2.75, 3.05) is 31.1 Å². The van der Waals surface area contributed by atoms with Crippen molar-refractivity contribution in [3.63, 3.8) is 0 Å². The molecule has 3 heterocycles. The number of nitrogens with zero attached hydrogens (tertiary/aromatic N) is 5. The number of para-hydroxylation sites is 1. The molecule has 2 aliphatic heterocycles. The maximum absolute atomic E-state index is 4.90. The van der Waals surface area contributed by atoms with Crippen LogP contribution in [0, 0.1) is 0 Å². The highest BCUT2D eigenvalue weighted by molar-refractivity contribution is 6.15. The summed E-state index contributed by atoms with van der Waals surface area (Å²) in [5, 5.41) is 12.4. The molecule has 0 atom stereocenters. The summed E-state index contributed by atoms with van der Waals surface area (Å²) in [5.74, 6) is 1.80. The summed E-state index contributed by atoms with van der Waals surface area (Å²) < 4.78 is 2.18. The molecular formula is C20H20N6. The van der Waals surface area contributed by atoms with Crippen LogP contribution in [0.4, 0.5) is 5.95 Å². The molecule has 6 nitrogen and oxygen atoms in total. The second kappa shape index (κ2) is 6.38. The maximum atomic E-state index is 4.90. The lowest BCUT2D eigenvalue weighted by Crippen LogP contribution is -2.44. The maximum Gasteiger partial charge on any atom is 0.232 e. The molecule has 0 spiro atoms. The summed E-state index contributed by atoms with van der Waals surface area (Å²) in [5.41, 5.74) is 4.36. The van der Waals surface area contributed by atoms with E-state index in [0.717, 1.165) is 60.5 Å². The Balaban J connectivity index is 1.67. The van der Waals surface area contributed by atoms with Gasteiger partial charge >= 0.3 is 0 Å². The minimum Gasteiger partial charge on any atom is -0.338 e. The molecular weight excluding hydrogens is 324 g/mol. The summed E-state index contributed by atoms with van der Waals surface area (Å²) in [6.07, 6.45) is 0. The molecule has 2 aromatic carbocycles. The summed E-state index contributed by atoms with van der Waals surface area (Å²) >= 11 is 0. The number of hydrogen-bond acceptors (Lipinski definition) is 5. The van der Waals surface area contributed by atoms with Gasteiger partial charge in [0.05, 0.1) is 11.4 Å². The molecule has 1 N–H and O–H groups in total. The molecule has 0 saturated carbocycles. The van der Waals surface area contributed by atoms with Crippen LogP contribution in [0.25, 0.3) is 5.69 Å². The fraction of sp³-hybridized carbons (Fsp3) is 0.250. The van der Waals surface area contributed by atoms with Gasteiger partial charge < -0.3 is 10.2 Å². The van der Waals surface area contributed by atoms with Crippen molar-refractivity contribution in [3.8, 4) is 5.69 Å². The molecule has 2 aliphatic rings. The highest BCUT2D eigenvalue weighted by atomic mass is 15.4. The lowest BCUT2D eigenvalue weighted by Gasteiger charge is -2.28. The van der Waals surface area contributed by atoms with Gasteiger partial charge in [0.25, 0.3) is 0 Å². The Morgan fingerprint density at radius 2 is 1.62 bits per heavy atom. The van der Waals surface area contributed by atoms with Gasteiger partial charge in [-0.2, -0.15) is 0 Å². The zero-order valence-corrected chi connectivity index (χ0v) is 14.5. The Hall–Kier alpha value is -2.99. The number of rotatable bonds is 2. The van der Waals surface area contributed by atoms with Crippen molar-refractivity contribution in [2.24, 2.45) is 4.99 Å². The van der Waals surface area contributed by atoms with E-state index in [-0.39, 0.29) is 0 Å². The molecule has 6 heteroatoms. The van der Waals surface area contributed by atoms with E-state index in [4.69, 9.17) is 4.99 Å². The number of hydrogen-bond donors (Lipinski definition) is 1. The summed E-state index contributed by atoms with van der Waals surface area (Å²) in [6.45, 7) is 4.34. The number of benzene rings is 2. The smallest absolute Gasteiger partial charge is 0.232 e. The van der Waals surface area contributed by atoms with Gasteiger partial charge in [0.15, 0.2) is 5.82 Å². The Bertz CT molecular complexity index is 953. The molecule has 1 aromatic heterocycles. The van der Waals surface area contributed by atoms with Gasteiger partial charge in [0, 0.05) is 37.3 Å². The molecule has 0 unspecified atom stereocenters. The topological polar surface area (TPSA) is 58.3 Å². The Morgan fingerprint density at radius 1 is 0.846 bits per heavy atom. The van der Waals surface area contributed by atoms with Gasteiger partial charge in [-0.25, -0.2) is 0 Å². The molecule has 130 valence electrons. The van der Waals surface area contributed by atoms with Crippen LogP contribution in [-0.2, 0) is 6.54 Å². The second-order valence-corrected chi connectivity index (χ2v) is 6.54. The predicted octanol–water partition coefficient (Wildman–Crippen LogP) is 2.03. The largest absolute Gasteiger partial charge is 0.338 e. The van der Waals surface area contributed by atoms with Crippen LogP contribution >= 0.6 is 0 Å². The monoisotopic (exact) mass is 344 g/mol. The minimum atomic E-state index is 0.526. The molecule has 0 radical (unpaired) electrons. The molecule has 0 aliphatic carbocycles. The third-order valence-corrected chi connectivity index (χ3v) is 4.94. The number of nitrogens with one attached hydrogen (secondary N) is 1. The molecule has 26 heavy (non-hydrogen) atoms. The van der Waals surface area contributed by atoms with Gasteiger partial charge in [-0.3, -0.25) is 9.56 Å². The standard InChI is InChI=1S/C20H20N6/c1-2-6-15(7-3-1)19-16-8-4-5-9-17(16)26-18(14-22-19)23-24-20(26)25-12-10-21-11-13-25/h1-9,21H,10-14H2. The Morgan fingerprint density at radius 3 is 2.46 bits per heavy atom. The minimum absolute atomic E-state index is 0.526. The molecule has 1 fully saturated rings. The van der Waals surface area contributed by atoms with Gasteiger partial charge in [0.2, 0.25) is 5.95 Å². The normalized spacial score (nSPS) is 16.5. The van der Waals surface area contributed by atoms with E-state index in [0.29, 0.717) is 6.54 Å². The first-order chi connectivity index (χ1) is 12.9. The van der Waals surface area contributed by atoms with E-state index >= 15 is 0 Å². The van der Waals surface area contributed by atoms with Gasteiger partial charge in [0.1, 0.15) is 6.54 Å². The molecule has 1 saturated heterocycles. The lowest BCUT2D eigenvalue weighted by molar-refractivity contribution is 0.576. The molecule has 3 aromatic rings. The quantitative estimate of drug-likeness (QED) is 0.773. The third-order valence-electron chi connectivity index (χ3n) is 4.94. The van der Waals surface area contributed by atoms with Crippen molar-refractivity contribution in [1.82, 2.24) is 20.1 Å². The fourth-order valence-corrected chi connectivity index (χ4v) is 3.67. The highest BCUT2D eigenvalue weighted by Gasteiger charge is 2.25. The van der Waals surface area contributed by atoms with E-state index in [9.17, 15) is 0 Å². The van der Waals surface area contributed by atoms with Crippen LogP contribution in [-0.4, -0.2) is 46.7 Å². The average molecular weight is 344 g/mol. The number of piperazine rings is 1. The van der Waals surface area contributed by atoms with E-state index < -0.39 is 0 Å². The summed E-state index contributed by atoms with van der Waals surface area (Å²) in [6, 6.07) is 18.8. The van der Waals surface area contributed by atoms with Crippen molar-refractivity contribution < 1.29 is 0 Å². The summed E-state index contributed by atoms with van der Waals surface area (Å²) in [7, 11) is 0. The van der Waals surface area contributed by atoms with Crippen molar-refractivity contribution in [1.29, 1.82) is 0 Å². The van der Waals surface area contributed by atoms with Crippen LogP contribution in [0.1, 0.15) is 17.0 Å². The lowest BCUT2D eigenvalue weighted by atomic mass is 10.0. The van der Waals surface area contributed by atoms with E-state index in [1.165, 1.54) is 0 Å². The van der Waals surface area contributed by atoms with Gasteiger partial charge in [-0.05, 0) is 6.07 Å². The third kappa shape index (κ3) is 2.50. The van der Waals surface area contributed by atoms with Crippen LogP contribution in [0.3, 0.4) is 0 Å². The highest BCUT2D eigenvalue weighted by Crippen LogP contribution is 2.28. The first-order valence-electron chi connectivity index (χ1n) is 9.01. The predicted molar refractivity (Wildman–Crippen MR) is 102 cm³/mol. The van der Waals surface area contributed by atoms with Crippen LogP contribution < -0.4 is 10.2 Å². The van der Waals surface area contributed by atoms with Crippen molar-refractivity contribution in [3.05, 3.63) is 71.5 Å². The second-order valence-electron chi connectivity index (χ2n) is 6.54. The van der Waals surface area contributed by atoms with Gasteiger partial charge in [-0.1, -0.05) is 48.5 Å². The van der Waals surface area contributed by atoms with Crippen LogP contribution in [0.15, 0.2) is 59.6 Å². The van der Waals surface area contributed by atoms with Crippen molar-refractivity contribution in [2.45, 2.75) is 6.54 Å². The number of aliphatic imine (C=N–C) groups is 1. The van der Waals surface area contributed by atoms with Crippen molar-refractivity contribution >= 4 is 11.7 Å². The Kier molecular flexibility index (Phi) is 3.75. The number of aromatic nitrogens is 3. The number of fused-ring (bicyclic) bond motifs is 3. The number of anilines is 1. The van der Waals surface area contributed by atoms with Gasteiger partial charge in [-0.15, -0.1) is 10.2 Å². The molecule has 0 bridgehead atoms. The SMILES string of the molecule is c1ccc(C2=NCc3nnc(N4CCNCC4)n3-c3ccccc32)cc1. The fourth-order valence-electron chi connectivity index (χ4n) is 3.67. The Labute approximate surface area is 152 Å². The van der Waals surface area contributed by atoms with E-state index in [1.54, 1.807) is 0 Å². The van der Waals surface area contributed by atoms with Crippen LogP contribution in [0.2, 0.25) is 0 Å². The average Bonchev–Trinajstić information content (AvgIpc) is 3.07. The van der Waals surface area contributed by atoms with E-state index in [2.05, 4.69) is 73.5 Å². The molecule has 0 amide bonds. The zero-order valence-electron chi connectivity index (χ0n) is 14.5. The first-order valence-corrected chi connectivity index (χ1v) is 9.01. The van der Waals surface area contributed by atoms with Crippen LogP contribution in [0.5, 0.6) is 0 Å². The summed E-state index contributed by atoms with van der Waals surface area (Å²) in [4.78, 5) is 7.20. The first kappa shape index (κ1) is 15.3. The van der Waals surface area contributed by atoms with E-state index in [1.807, 2.05) is 6.07 Å². The zero-order chi connectivity index (χ0) is 17.3. The molecule has 5 rings (SSSR count).